The maximum atomic E-state index is 11.5. The largest absolute Gasteiger partial charge is 0.489 e. The Hall–Kier alpha value is -2.62. The summed E-state index contributed by atoms with van der Waals surface area (Å²) in [7, 11) is 0. The van der Waals surface area contributed by atoms with Crippen LogP contribution >= 0.6 is 0 Å². The van der Waals surface area contributed by atoms with E-state index in [1.165, 1.54) is 0 Å². The van der Waals surface area contributed by atoms with Crippen LogP contribution in [0, 0.1) is 0 Å². The smallest absolute Gasteiger partial charge is 0.318 e. The van der Waals surface area contributed by atoms with E-state index >= 15 is 0 Å². The van der Waals surface area contributed by atoms with E-state index in [-0.39, 0.29) is 6.42 Å². The molecule has 0 amide bonds. The number of hydrogen-bond acceptors (Lipinski definition) is 4. The number of fused-ring (bicyclic) bond motifs is 3. The number of aldehydes is 1. The van der Waals surface area contributed by atoms with Crippen molar-refractivity contribution in [1.29, 1.82) is 0 Å². The minimum absolute atomic E-state index is 0.252. The topological polar surface area (TPSA) is 52.6 Å². The predicted octanol–water partition coefficient (Wildman–Crippen LogP) is 2.71. The molecule has 0 aliphatic carbocycles. The summed E-state index contributed by atoms with van der Waals surface area (Å²) in [6, 6.07) is 11.6. The van der Waals surface area contributed by atoms with Crippen molar-refractivity contribution in [3.05, 3.63) is 48.0 Å². The van der Waals surface area contributed by atoms with Gasteiger partial charge in [0.2, 0.25) is 0 Å². The van der Waals surface area contributed by atoms with Crippen LogP contribution in [-0.4, -0.2) is 18.9 Å². The van der Waals surface area contributed by atoms with Crippen molar-refractivity contribution in [3.8, 4) is 5.75 Å². The number of ether oxygens (including phenoxy) is 2. The minimum atomic E-state index is -0.563. The third-order valence-corrected chi connectivity index (χ3v) is 3.12. The summed E-state index contributed by atoms with van der Waals surface area (Å²) < 4.78 is 10.8. The summed E-state index contributed by atoms with van der Waals surface area (Å²) in [5.41, 5.74) is 0.758. The molecule has 1 aliphatic heterocycles. The lowest BCUT2D eigenvalue weighted by Gasteiger charge is -2.20. The molecule has 0 unspecified atom stereocenters. The van der Waals surface area contributed by atoms with E-state index in [1.54, 1.807) is 6.08 Å². The normalized spacial score (nSPS) is 13.1. The lowest BCUT2D eigenvalue weighted by atomic mass is 10.0. The molecule has 20 heavy (non-hydrogen) atoms. The maximum absolute atomic E-state index is 11.5. The Morgan fingerprint density at radius 2 is 2.10 bits per heavy atom. The van der Waals surface area contributed by atoms with Crippen molar-refractivity contribution in [2.24, 2.45) is 0 Å². The molecule has 1 aliphatic rings. The van der Waals surface area contributed by atoms with Gasteiger partial charge in [0.05, 0.1) is 5.56 Å². The third-order valence-electron chi connectivity index (χ3n) is 3.12. The van der Waals surface area contributed by atoms with Crippen molar-refractivity contribution in [3.63, 3.8) is 0 Å². The van der Waals surface area contributed by atoms with Crippen LogP contribution in [0.3, 0.4) is 0 Å². The Bertz CT molecular complexity index is 715. The number of hydrogen-bond donors (Lipinski definition) is 0. The highest BCUT2D eigenvalue weighted by Crippen LogP contribution is 2.36. The Balaban J connectivity index is 2.08. The van der Waals surface area contributed by atoms with E-state index in [2.05, 4.69) is 0 Å². The van der Waals surface area contributed by atoms with Crippen LogP contribution < -0.4 is 4.74 Å². The van der Waals surface area contributed by atoms with Crippen LogP contribution in [0.15, 0.2) is 42.5 Å². The zero-order valence-corrected chi connectivity index (χ0v) is 10.7. The van der Waals surface area contributed by atoms with E-state index in [0.29, 0.717) is 24.4 Å². The molecule has 100 valence electrons. The highest BCUT2D eigenvalue weighted by molar-refractivity contribution is 5.98. The molecule has 1 heterocycles. The fourth-order valence-electron chi connectivity index (χ4n) is 2.26. The van der Waals surface area contributed by atoms with Crippen molar-refractivity contribution in [2.75, 3.05) is 6.61 Å². The number of benzene rings is 2. The van der Waals surface area contributed by atoms with Gasteiger partial charge in [0.25, 0.3) is 0 Å². The van der Waals surface area contributed by atoms with Gasteiger partial charge in [-0.25, -0.2) is 0 Å². The van der Waals surface area contributed by atoms with Crippen LogP contribution in [0.2, 0.25) is 0 Å². The average molecular weight is 268 g/mol. The molecule has 0 fully saturated rings. The van der Waals surface area contributed by atoms with E-state index in [9.17, 15) is 9.59 Å². The molecule has 0 saturated carbocycles. The summed E-state index contributed by atoms with van der Waals surface area (Å²) in [5.74, 6) is 0.571. The molecule has 0 saturated heterocycles. The second-order valence-corrected chi connectivity index (χ2v) is 4.38. The first-order valence-corrected chi connectivity index (χ1v) is 6.29. The van der Waals surface area contributed by atoms with Gasteiger partial charge in [0.15, 0.2) is 0 Å². The van der Waals surface area contributed by atoms with Crippen molar-refractivity contribution in [1.82, 2.24) is 0 Å². The molecule has 0 radical (unpaired) electrons. The van der Waals surface area contributed by atoms with Gasteiger partial charge >= 0.3 is 5.97 Å². The molecular formula is C16H12O4. The van der Waals surface area contributed by atoms with E-state index in [1.807, 2.05) is 36.4 Å². The molecule has 3 rings (SSSR count). The molecule has 2 aromatic rings. The first-order valence-electron chi connectivity index (χ1n) is 6.29. The first kappa shape index (κ1) is 12.4. The van der Waals surface area contributed by atoms with Gasteiger partial charge in [-0.1, -0.05) is 30.3 Å². The Labute approximate surface area is 115 Å². The molecule has 0 aromatic heterocycles. The van der Waals surface area contributed by atoms with Crippen LogP contribution in [0.25, 0.3) is 16.5 Å². The SMILES string of the molecule is O=CCC(=O)OC1=CCOc2ccc3ccccc3c21. The van der Waals surface area contributed by atoms with Gasteiger partial charge in [0, 0.05) is 0 Å². The second-order valence-electron chi connectivity index (χ2n) is 4.38. The van der Waals surface area contributed by atoms with E-state index in [4.69, 9.17) is 9.47 Å². The molecular weight excluding hydrogens is 256 g/mol. The summed E-state index contributed by atoms with van der Waals surface area (Å²) in [6.07, 6.45) is 1.99. The van der Waals surface area contributed by atoms with Gasteiger partial charge in [0.1, 0.15) is 30.8 Å². The van der Waals surface area contributed by atoms with Crippen molar-refractivity contribution < 1.29 is 19.1 Å². The van der Waals surface area contributed by atoms with Crippen LogP contribution in [0.5, 0.6) is 5.75 Å². The second kappa shape index (κ2) is 5.17. The summed E-state index contributed by atoms with van der Waals surface area (Å²) >= 11 is 0. The fraction of sp³-hybridized carbons (Fsp3) is 0.125. The predicted molar refractivity (Wildman–Crippen MR) is 74.2 cm³/mol. The Kier molecular flexibility index (Phi) is 3.21. The number of esters is 1. The minimum Gasteiger partial charge on any atom is -0.489 e. The summed E-state index contributed by atoms with van der Waals surface area (Å²) in [5, 5.41) is 1.99. The van der Waals surface area contributed by atoms with Crippen LogP contribution in [-0.2, 0) is 14.3 Å². The molecule has 0 atom stereocenters. The standard InChI is InChI=1S/C16H12O4/c17-9-7-15(18)20-14-8-10-19-13-6-5-11-3-1-2-4-12(11)16(13)14/h1-6,8-9H,7,10H2. The Morgan fingerprint density at radius 1 is 1.25 bits per heavy atom. The number of carbonyl (C=O) groups excluding carboxylic acids is 2. The average Bonchev–Trinajstić information content (AvgIpc) is 2.47. The van der Waals surface area contributed by atoms with Gasteiger partial charge in [-0.05, 0) is 22.9 Å². The molecule has 0 N–H and O–H groups in total. The third kappa shape index (κ3) is 2.16. The Morgan fingerprint density at radius 3 is 2.95 bits per heavy atom. The molecule has 4 heteroatoms. The van der Waals surface area contributed by atoms with Gasteiger partial charge in [-0.15, -0.1) is 0 Å². The first-order chi connectivity index (χ1) is 9.79. The summed E-state index contributed by atoms with van der Waals surface area (Å²) in [4.78, 5) is 21.9. The zero-order chi connectivity index (χ0) is 13.9. The lowest BCUT2D eigenvalue weighted by Crippen LogP contribution is -2.11. The fourth-order valence-corrected chi connectivity index (χ4v) is 2.26. The highest BCUT2D eigenvalue weighted by Gasteiger charge is 2.20. The maximum Gasteiger partial charge on any atom is 0.318 e. The number of carbonyl (C=O) groups is 2. The van der Waals surface area contributed by atoms with Crippen molar-refractivity contribution in [2.45, 2.75) is 6.42 Å². The summed E-state index contributed by atoms with van der Waals surface area (Å²) in [6.45, 7) is 0.342. The molecule has 0 bridgehead atoms. The quantitative estimate of drug-likeness (QED) is 0.488. The monoisotopic (exact) mass is 268 g/mol. The lowest BCUT2D eigenvalue weighted by molar-refractivity contribution is -0.137. The van der Waals surface area contributed by atoms with Crippen LogP contribution in [0.4, 0.5) is 0 Å². The molecule has 2 aromatic carbocycles. The highest BCUT2D eigenvalue weighted by atomic mass is 16.5. The van der Waals surface area contributed by atoms with E-state index in [0.717, 1.165) is 16.3 Å². The molecule has 0 spiro atoms. The zero-order valence-electron chi connectivity index (χ0n) is 10.7. The van der Waals surface area contributed by atoms with Crippen molar-refractivity contribution >= 4 is 28.8 Å². The van der Waals surface area contributed by atoms with Gasteiger partial charge in [-0.3, -0.25) is 4.79 Å². The van der Waals surface area contributed by atoms with Gasteiger partial charge in [-0.2, -0.15) is 0 Å². The molecule has 4 nitrogen and oxygen atoms in total. The van der Waals surface area contributed by atoms with E-state index < -0.39 is 5.97 Å². The number of rotatable bonds is 3. The van der Waals surface area contributed by atoms with Gasteiger partial charge < -0.3 is 14.3 Å². The van der Waals surface area contributed by atoms with Crippen LogP contribution in [0.1, 0.15) is 12.0 Å².